The van der Waals surface area contributed by atoms with E-state index in [9.17, 15) is 0 Å². The largest absolute Gasteiger partial charge is 0.324 e. The van der Waals surface area contributed by atoms with Crippen molar-refractivity contribution in [2.75, 3.05) is 0 Å². The van der Waals surface area contributed by atoms with E-state index >= 15 is 0 Å². The van der Waals surface area contributed by atoms with Crippen LogP contribution in [0.1, 0.15) is 48.6 Å². The van der Waals surface area contributed by atoms with Gasteiger partial charge in [-0.3, -0.25) is 0 Å². The van der Waals surface area contributed by atoms with Crippen LogP contribution in [0.15, 0.2) is 12.1 Å². The molecule has 0 heterocycles. The summed E-state index contributed by atoms with van der Waals surface area (Å²) in [7, 11) is 0. The minimum absolute atomic E-state index is 0.149. The van der Waals surface area contributed by atoms with E-state index in [4.69, 9.17) is 5.73 Å². The molecular weight excluding hydrogens is 170 g/mol. The summed E-state index contributed by atoms with van der Waals surface area (Å²) in [5, 5.41) is 0. The van der Waals surface area contributed by atoms with Crippen LogP contribution in [0.2, 0.25) is 0 Å². The van der Waals surface area contributed by atoms with Gasteiger partial charge in [0, 0.05) is 6.04 Å². The van der Waals surface area contributed by atoms with Gasteiger partial charge in [-0.05, 0) is 49.4 Å². The van der Waals surface area contributed by atoms with Gasteiger partial charge in [0.25, 0.3) is 0 Å². The molecule has 0 saturated heterocycles. The lowest BCUT2D eigenvalue weighted by atomic mass is 9.91. The summed E-state index contributed by atoms with van der Waals surface area (Å²) < 4.78 is 0. The lowest BCUT2D eigenvalue weighted by Gasteiger charge is -2.16. The molecule has 1 rings (SSSR count). The summed E-state index contributed by atoms with van der Waals surface area (Å²) in [6.07, 6.45) is 2.33. The molecular formula is C13H21N. The fourth-order valence-electron chi connectivity index (χ4n) is 1.90. The molecule has 2 N–H and O–H groups in total. The molecule has 1 unspecified atom stereocenters. The second kappa shape index (κ2) is 4.61. The zero-order chi connectivity index (χ0) is 10.7. The Labute approximate surface area is 87.3 Å². The molecule has 0 aliphatic carbocycles. The van der Waals surface area contributed by atoms with Gasteiger partial charge < -0.3 is 5.73 Å². The fourth-order valence-corrected chi connectivity index (χ4v) is 1.90. The van der Waals surface area contributed by atoms with E-state index in [1.165, 1.54) is 28.7 Å². The first kappa shape index (κ1) is 11.3. The van der Waals surface area contributed by atoms with Crippen LogP contribution in [0.25, 0.3) is 0 Å². The Kier molecular flexibility index (Phi) is 3.70. The highest BCUT2D eigenvalue weighted by Gasteiger charge is 2.09. The molecule has 14 heavy (non-hydrogen) atoms. The molecule has 0 amide bonds. The molecule has 1 heteroatoms. The molecule has 0 spiro atoms. The van der Waals surface area contributed by atoms with Gasteiger partial charge in [-0.2, -0.15) is 0 Å². The van der Waals surface area contributed by atoms with E-state index in [0.29, 0.717) is 0 Å². The monoisotopic (exact) mass is 191 g/mol. The Morgan fingerprint density at radius 1 is 1.29 bits per heavy atom. The normalized spacial score (nSPS) is 12.9. The molecule has 0 aromatic heterocycles. The molecule has 78 valence electrons. The van der Waals surface area contributed by atoms with Gasteiger partial charge in [0.1, 0.15) is 0 Å². The average molecular weight is 191 g/mol. The number of hydrogen-bond donors (Lipinski definition) is 1. The number of hydrogen-bond acceptors (Lipinski definition) is 1. The van der Waals surface area contributed by atoms with Crippen molar-refractivity contribution in [2.45, 2.75) is 46.6 Å². The lowest BCUT2D eigenvalue weighted by Crippen LogP contribution is -2.10. The number of nitrogens with two attached hydrogens (primary N) is 1. The molecule has 0 radical (unpaired) electrons. The Morgan fingerprint density at radius 2 is 1.93 bits per heavy atom. The molecule has 0 aliphatic heterocycles. The van der Waals surface area contributed by atoms with Crippen LogP contribution in [0.5, 0.6) is 0 Å². The predicted molar refractivity (Wildman–Crippen MR) is 62.5 cm³/mol. The minimum atomic E-state index is 0.149. The smallest absolute Gasteiger partial charge is 0.0268 e. The summed E-state index contributed by atoms with van der Waals surface area (Å²) in [6, 6.07) is 4.50. The van der Waals surface area contributed by atoms with Gasteiger partial charge in [-0.15, -0.1) is 0 Å². The van der Waals surface area contributed by atoms with Gasteiger partial charge >= 0.3 is 0 Å². The van der Waals surface area contributed by atoms with E-state index in [1.54, 1.807) is 0 Å². The molecule has 0 bridgehead atoms. The van der Waals surface area contributed by atoms with Gasteiger partial charge in [-0.25, -0.2) is 0 Å². The van der Waals surface area contributed by atoms with Crippen molar-refractivity contribution in [1.29, 1.82) is 0 Å². The maximum absolute atomic E-state index is 5.96. The molecule has 1 aromatic carbocycles. The number of benzene rings is 1. The van der Waals surface area contributed by atoms with Crippen LogP contribution in [0.4, 0.5) is 0 Å². The lowest BCUT2D eigenvalue weighted by molar-refractivity contribution is 0.781. The highest BCUT2D eigenvalue weighted by molar-refractivity contribution is 5.41. The fraction of sp³-hybridized carbons (Fsp3) is 0.538. The number of aryl methyl sites for hydroxylation is 1. The van der Waals surface area contributed by atoms with E-state index in [2.05, 4.69) is 39.8 Å². The second-order valence-electron chi connectivity index (χ2n) is 4.11. The van der Waals surface area contributed by atoms with E-state index in [-0.39, 0.29) is 6.04 Å². The Morgan fingerprint density at radius 3 is 2.43 bits per heavy atom. The Bertz CT molecular complexity index is 313. The summed E-state index contributed by atoms with van der Waals surface area (Å²) in [6.45, 7) is 8.64. The molecule has 1 atom stereocenters. The molecule has 1 nitrogen and oxygen atoms in total. The zero-order valence-corrected chi connectivity index (χ0v) is 9.72. The molecule has 0 aliphatic rings. The summed E-state index contributed by atoms with van der Waals surface area (Å²) >= 11 is 0. The first-order chi connectivity index (χ1) is 6.57. The standard InChI is InChI=1S/C13H21N/c1-5-6-12-10(3)9(2)7-8-13(12)11(4)14/h7-8,11H,5-6,14H2,1-4H3. The third-order valence-electron chi connectivity index (χ3n) is 2.90. The van der Waals surface area contributed by atoms with Crippen molar-refractivity contribution in [2.24, 2.45) is 5.73 Å². The van der Waals surface area contributed by atoms with Gasteiger partial charge in [0.05, 0.1) is 0 Å². The van der Waals surface area contributed by atoms with Gasteiger partial charge in [0.2, 0.25) is 0 Å². The minimum Gasteiger partial charge on any atom is -0.324 e. The van der Waals surface area contributed by atoms with E-state index in [1.807, 2.05) is 0 Å². The van der Waals surface area contributed by atoms with Crippen molar-refractivity contribution in [3.8, 4) is 0 Å². The summed E-state index contributed by atoms with van der Waals surface area (Å²) in [5.41, 5.74) is 11.5. The van der Waals surface area contributed by atoms with Crippen LogP contribution in [-0.4, -0.2) is 0 Å². The van der Waals surface area contributed by atoms with Crippen molar-refractivity contribution < 1.29 is 0 Å². The summed E-state index contributed by atoms with van der Waals surface area (Å²) in [4.78, 5) is 0. The predicted octanol–water partition coefficient (Wildman–Crippen LogP) is 3.28. The first-order valence-electron chi connectivity index (χ1n) is 5.42. The Hall–Kier alpha value is -0.820. The van der Waals surface area contributed by atoms with Gasteiger partial charge in [0.15, 0.2) is 0 Å². The SMILES string of the molecule is CCCc1c(C(C)N)ccc(C)c1C. The summed E-state index contributed by atoms with van der Waals surface area (Å²) in [5.74, 6) is 0. The second-order valence-corrected chi connectivity index (χ2v) is 4.11. The quantitative estimate of drug-likeness (QED) is 0.779. The molecule has 0 fully saturated rings. The maximum Gasteiger partial charge on any atom is 0.0268 e. The molecule has 0 saturated carbocycles. The van der Waals surface area contributed by atoms with Crippen molar-refractivity contribution in [3.05, 3.63) is 34.4 Å². The van der Waals surface area contributed by atoms with Gasteiger partial charge in [-0.1, -0.05) is 25.5 Å². The van der Waals surface area contributed by atoms with Crippen LogP contribution in [0, 0.1) is 13.8 Å². The van der Waals surface area contributed by atoms with Crippen LogP contribution < -0.4 is 5.73 Å². The topological polar surface area (TPSA) is 26.0 Å². The highest BCUT2D eigenvalue weighted by atomic mass is 14.6. The third-order valence-corrected chi connectivity index (χ3v) is 2.90. The van der Waals surface area contributed by atoms with Crippen molar-refractivity contribution in [3.63, 3.8) is 0 Å². The third kappa shape index (κ3) is 2.16. The zero-order valence-electron chi connectivity index (χ0n) is 9.72. The maximum atomic E-state index is 5.96. The first-order valence-corrected chi connectivity index (χ1v) is 5.42. The highest BCUT2D eigenvalue weighted by Crippen LogP contribution is 2.23. The van der Waals surface area contributed by atoms with Crippen molar-refractivity contribution in [1.82, 2.24) is 0 Å². The van der Waals surface area contributed by atoms with Crippen LogP contribution in [-0.2, 0) is 6.42 Å². The average Bonchev–Trinajstić information content (AvgIpc) is 2.13. The van der Waals surface area contributed by atoms with Crippen molar-refractivity contribution >= 4 is 0 Å². The van der Waals surface area contributed by atoms with E-state index in [0.717, 1.165) is 6.42 Å². The van der Waals surface area contributed by atoms with Crippen LogP contribution in [0.3, 0.4) is 0 Å². The van der Waals surface area contributed by atoms with Crippen LogP contribution >= 0.6 is 0 Å². The van der Waals surface area contributed by atoms with E-state index < -0.39 is 0 Å². The Balaban J connectivity index is 3.22. The molecule has 1 aromatic rings. The number of rotatable bonds is 3.